The smallest absolute Gasteiger partial charge is 0.140 e. The topological polar surface area (TPSA) is 52.0 Å². The highest BCUT2D eigenvalue weighted by Crippen LogP contribution is 2.35. The molecule has 2 aliphatic heterocycles. The Kier molecular flexibility index (Phi) is 2.49. The van der Waals surface area contributed by atoms with Crippen LogP contribution in [0, 0.1) is 23.2 Å². The third-order valence-corrected chi connectivity index (χ3v) is 4.13. The Bertz CT molecular complexity index is 447. The number of pyridine rings is 1. The van der Waals surface area contributed by atoms with E-state index in [1.807, 2.05) is 12.3 Å². The van der Waals surface area contributed by atoms with Crippen molar-refractivity contribution in [2.45, 2.75) is 13.0 Å². The van der Waals surface area contributed by atoms with E-state index in [1.165, 1.54) is 0 Å². The quantitative estimate of drug-likeness (QED) is 0.779. The molecule has 0 amide bonds. The summed E-state index contributed by atoms with van der Waals surface area (Å²) in [7, 11) is 0. The molecule has 0 bridgehead atoms. The van der Waals surface area contributed by atoms with Gasteiger partial charge in [-0.25, -0.2) is 4.98 Å². The Hall–Kier alpha value is -1.60. The summed E-state index contributed by atoms with van der Waals surface area (Å²) in [6.07, 6.45) is 1.82. The molecule has 88 valence electrons. The predicted octanol–water partition coefficient (Wildman–Crippen LogP) is 0.997. The molecule has 3 heterocycles. The molecular formula is C13H16N4. The molecule has 3 atom stereocenters. The molecule has 3 rings (SSSR count). The lowest BCUT2D eigenvalue weighted by Crippen LogP contribution is -2.33. The first-order valence-corrected chi connectivity index (χ1v) is 6.13. The molecule has 0 aliphatic carbocycles. The number of fused-ring (bicyclic) bond motifs is 1. The molecule has 4 nitrogen and oxygen atoms in total. The number of nitrogens with one attached hydrogen (secondary N) is 1. The lowest BCUT2D eigenvalue weighted by Gasteiger charge is -2.26. The Morgan fingerprint density at radius 3 is 3.00 bits per heavy atom. The van der Waals surface area contributed by atoms with Crippen molar-refractivity contribution in [1.29, 1.82) is 5.26 Å². The largest absolute Gasteiger partial charge is 0.367 e. The van der Waals surface area contributed by atoms with Crippen molar-refractivity contribution >= 4 is 5.69 Å². The molecule has 17 heavy (non-hydrogen) atoms. The van der Waals surface area contributed by atoms with Crippen LogP contribution < -0.4 is 10.2 Å². The number of aromatic nitrogens is 1. The molecule has 0 saturated carbocycles. The lowest BCUT2D eigenvalue weighted by atomic mass is 9.95. The van der Waals surface area contributed by atoms with Crippen LogP contribution in [0.4, 0.5) is 5.69 Å². The van der Waals surface area contributed by atoms with Crippen LogP contribution in [0.2, 0.25) is 0 Å². The summed E-state index contributed by atoms with van der Waals surface area (Å²) in [4.78, 5) is 6.57. The van der Waals surface area contributed by atoms with Crippen LogP contribution in [0.3, 0.4) is 0 Å². The molecule has 0 aromatic carbocycles. The molecule has 0 radical (unpaired) electrons. The fourth-order valence-electron chi connectivity index (χ4n) is 3.13. The highest BCUT2D eigenvalue weighted by molar-refractivity contribution is 5.48. The third-order valence-electron chi connectivity index (χ3n) is 4.13. The number of nitrogens with zero attached hydrogens (tertiary/aromatic N) is 3. The fraction of sp³-hybridized carbons (Fsp3) is 0.538. The molecule has 2 fully saturated rings. The van der Waals surface area contributed by atoms with E-state index in [0.29, 0.717) is 11.7 Å². The second kappa shape index (κ2) is 4.01. The number of hydrogen-bond donors (Lipinski definition) is 1. The standard InChI is InChI=1S/C13H16N4/c1-9-13-7-15-5-10(13)8-17(9)12-3-2-11(4-14)16-6-12/h2-3,6,9-10,13,15H,5,7-8H2,1H3. The first-order chi connectivity index (χ1) is 8.29. The number of rotatable bonds is 1. The van der Waals surface area contributed by atoms with Crippen LogP contribution in [0.1, 0.15) is 12.6 Å². The molecule has 2 aliphatic rings. The summed E-state index contributed by atoms with van der Waals surface area (Å²) in [5.41, 5.74) is 1.63. The summed E-state index contributed by atoms with van der Waals surface area (Å²) < 4.78 is 0. The minimum absolute atomic E-state index is 0.488. The van der Waals surface area contributed by atoms with E-state index in [0.717, 1.165) is 37.2 Å². The van der Waals surface area contributed by atoms with Crippen molar-refractivity contribution < 1.29 is 0 Å². The molecule has 4 heteroatoms. The van der Waals surface area contributed by atoms with Crippen molar-refractivity contribution in [2.75, 3.05) is 24.5 Å². The Morgan fingerprint density at radius 1 is 1.47 bits per heavy atom. The lowest BCUT2D eigenvalue weighted by molar-refractivity contribution is 0.471. The van der Waals surface area contributed by atoms with Crippen molar-refractivity contribution in [2.24, 2.45) is 11.8 Å². The average Bonchev–Trinajstić information content (AvgIpc) is 2.93. The van der Waals surface area contributed by atoms with E-state index in [-0.39, 0.29) is 0 Å². The molecule has 0 spiro atoms. The minimum Gasteiger partial charge on any atom is -0.367 e. The molecule has 2 saturated heterocycles. The Morgan fingerprint density at radius 2 is 2.35 bits per heavy atom. The maximum atomic E-state index is 8.74. The van der Waals surface area contributed by atoms with E-state index >= 15 is 0 Å². The highest BCUT2D eigenvalue weighted by atomic mass is 15.2. The van der Waals surface area contributed by atoms with Gasteiger partial charge < -0.3 is 10.2 Å². The van der Waals surface area contributed by atoms with Crippen molar-refractivity contribution in [3.05, 3.63) is 24.0 Å². The number of hydrogen-bond acceptors (Lipinski definition) is 4. The van der Waals surface area contributed by atoms with Gasteiger partial charge in [-0.05, 0) is 30.9 Å². The second-order valence-corrected chi connectivity index (χ2v) is 4.99. The van der Waals surface area contributed by atoms with Crippen LogP contribution in [0.15, 0.2) is 18.3 Å². The van der Waals surface area contributed by atoms with Gasteiger partial charge in [-0.1, -0.05) is 0 Å². The Labute approximate surface area is 101 Å². The summed E-state index contributed by atoms with van der Waals surface area (Å²) in [6, 6.07) is 6.43. The van der Waals surface area contributed by atoms with Gasteiger partial charge in [0.15, 0.2) is 0 Å². The molecule has 1 aromatic heterocycles. The van der Waals surface area contributed by atoms with Crippen LogP contribution in [0.25, 0.3) is 0 Å². The average molecular weight is 228 g/mol. The van der Waals surface area contributed by atoms with E-state index in [4.69, 9.17) is 5.26 Å². The van der Waals surface area contributed by atoms with Gasteiger partial charge in [0.2, 0.25) is 0 Å². The van der Waals surface area contributed by atoms with Crippen LogP contribution in [0.5, 0.6) is 0 Å². The van der Waals surface area contributed by atoms with Gasteiger partial charge in [-0.2, -0.15) is 5.26 Å². The molecular weight excluding hydrogens is 212 g/mol. The maximum Gasteiger partial charge on any atom is 0.140 e. The van der Waals surface area contributed by atoms with Gasteiger partial charge in [0.25, 0.3) is 0 Å². The first-order valence-electron chi connectivity index (χ1n) is 6.13. The highest BCUT2D eigenvalue weighted by Gasteiger charge is 2.41. The predicted molar refractivity (Wildman–Crippen MR) is 65.6 cm³/mol. The summed E-state index contributed by atoms with van der Waals surface area (Å²) in [5, 5.41) is 12.2. The zero-order chi connectivity index (χ0) is 11.8. The molecule has 1 aromatic rings. The molecule has 3 unspecified atom stereocenters. The Balaban J connectivity index is 1.83. The SMILES string of the molecule is CC1C2CNCC2CN1c1ccc(C#N)nc1. The second-order valence-electron chi connectivity index (χ2n) is 4.99. The monoisotopic (exact) mass is 228 g/mol. The van der Waals surface area contributed by atoms with Gasteiger partial charge >= 0.3 is 0 Å². The molecule has 1 N–H and O–H groups in total. The minimum atomic E-state index is 0.488. The van der Waals surface area contributed by atoms with Crippen molar-refractivity contribution in [3.8, 4) is 6.07 Å². The van der Waals surface area contributed by atoms with Gasteiger partial charge in [-0.3, -0.25) is 0 Å². The fourth-order valence-corrected chi connectivity index (χ4v) is 3.13. The maximum absolute atomic E-state index is 8.74. The number of nitriles is 1. The van der Waals surface area contributed by atoms with Crippen LogP contribution >= 0.6 is 0 Å². The normalized spacial score (nSPS) is 31.3. The summed E-state index contributed by atoms with van der Waals surface area (Å²) in [6.45, 7) is 5.66. The van der Waals surface area contributed by atoms with E-state index in [9.17, 15) is 0 Å². The van der Waals surface area contributed by atoms with Gasteiger partial charge in [0, 0.05) is 25.7 Å². The summed E-state index contributed by atoms with van der Waals surface area (Å²) >= 11 is 0. The van der Waals surface area contributed by atoms with E-state index in [1.54, 1.807) is 6.07 Å². The van der Waals surface area contributed by atoms with E-state index < -0.39 is 0 Å². The zero-order valence-corrected chi connectivity index (χ0v) is 9.93. The summed E-state index contributed by atoms with van der Waals surface area (Å²) in [5.74, 6) is 1.52. The van der Waals surface area contributed by atoms with Gasteiger partial charge in [-0.15, -0.1) is 0 Å². The van der Waals surface area contributed by atoms with Crippen LogP contribution in [-0.4, -0.2) is 30.7 Å². The third kappa shape index (κ3) is 1.67. The van der Waals surface area contributed by atoms with Crippen LogP contribution in [-0.2, 0) is 0 Å². The van der Waals surface area contributed by atoms with Crippen molar-refractivity contribution in [1.82, 2.24) is 10.3 Å². The van der Waals surface area contributed by atoms with Gasteiger partial charge in [0.1, 0.15) is 11.8 Å². The van der Waals surface area contributed by atoms with E-state index in [2.05, 4.69) is 28.2 Å². The zero-order valence-electron chi connectivity index (χ0n) is 9.93. The first kappa shape index (κ1) is 10.5. The van der Waals surface area contributed by atoms with Crippen molar-refractivity contribution in [3.63, 3.8) is 0 Å². The number of anilines is 1. The van der Waals surface area contributed by atoms with Gasteiger partial charge in [0.05, 0.1) is 11.9 Å².